The molecule has 3 heterocycles. The number of likely N-dealkylation sites (N-methyl/N-ethyl adjacent to an activating group) is 1. The highest BCUT2D eigenvalue weighted by Crippen LogP contribution is 2.15. The lowest BCUT2D eigenvalue weighted by molar-refractivity contribution is 0.0188. The molecule has 0 aromatic carbocycles. The summed E-state index contributed by atoms with van der Waals surface area (Å²) in [6, 6.07) is 0.842. The van der Waals surface area contributed by atoms with E-state index >= 15 is 0 Å². The van der Waals surface area contributed by atoms with Gasteiger partial charge in [-0.3, -0.25) is 14.7 Å². The van der Waals surface area contributed by atoms with E-state index in [4.69, 9.17) is 0 Å². The molecule has 3 aliphatic rings. The van der Waals surface area contributed by atoms with Crippen molar-refractivity contribution in [1.29, 1.82) is 0 Å². The van der Waals surface area contributed by atoms with Crippen LogP contribution in [-0.4, -0.2) is 111 Å². The molecule has 3 fully saturated rings. The molecule has 3 rings (SSSR count). The monoisotopic (exact) mass is 267 g/mol. The third-order valence-corrected chi connectivity index (χ3v) is 4.93. The van der Waals surface area contributed by atoms with Crippen molar-refractivity contribution in [2.75, 3.05) is 85.6 Å². The standard InChI is InChI=1S/C14H29N5/c1-16-6-8-17(9-7-16)10-11-18-12-14(13-18)19-4-2-15-3-5-19/h14-15H,2-13H2,1H3. The Morgan fingerprint density at radius 3 is 2.16 bits per heavy atom. The second-order valence-electron chi connectivity index (χ2n) is 6.34. The van der Waals surface area contributed by atoms with Crippen LogP contribution in [0.1, 0.15) is 0 Å². The minimum atomic E-state index is 0.842. The maximum atomic E-state index is 3.43. The van der Waals surface area contributed by atoms with E-state index in [0.717, 1.165) is 6.04 Å². The summed E-state index contributed by atoms with van der Waals surface area (Å²) in [6.45, 7) is 15.0. The summed E-state index contributed by atoms with van der Waals surface area (Å²) < 4.78 is 0. The Balaban J connectivity index is 1.29. The summed E-state index contributed by atoms with van der Waals surface area (Å²) in [5, 5.41) is 3.43. The van der Waals surface area contributed by atoms with Crippen LogP contribution in [0.4, 0.5) is 0 Å². The van der Waals surface area contributed by atoms with Crippen LogP contribution in [0.2, 0.25) is 0 Å². The van der Waals surface area contributed by atoms with Crippen molar-refractivity contribution in [3.8, 4) is 0 Å². The number of piperazine rings is 2. The zero-order valence-corrected chi connectivity index (χ0v) is 12.4. The number of nitrogens with one attached hydrogen (secondary N) is 1. The molecule has 0 atom stereocenters. The van der Waals surface area contributed by atoms with Gasteiger partial charge in [0.05, 0.1) is 0 Å². The molecule has 0 aromatic heterocycles. The number of hydrogen-bond acceptors (Lipinski definition) is 5. The molecular formula is C14H29N5. The number of rotatable bonds is 4. The van der Waals surface area contributed by atoms with Crippen molar-refractivity contribution in [2.45, 2.75) is 6.04 Å². The second kappa shape index (κ2) is 6.50. The van der Waals surface area contributed by atoms with Crippen molar-refractivity contribution in [3.63, 3.8) is 0 Å². The third-order valence-electron chi connectivity index (χ3n) is 4.93. The van der Waals surface area contributed by atoms with Gasteiger partial charge in [0, 0.05) is 84.6 Å². The van der Waals surface area contributed by atoms with Gasteiger partial charge in [0.25, 0.3) is 0 Å². The largest absolute Gasteiger partial charge is 0.314 e. The molecule has 3 aliphatic heterocycles. The van der Waals surface area contributed by atoms with Crippen LogP contribution in [0.25, 0.3) is 0 Å². The van der Waals surface area contributed by atoms with Crippen molar-refractivity contribution in [3.05, 3.63) is 0 Å². The van der Waals surface area contributed by atoms with Crippen molar-refractivity contribution in [2.24, 2.45) is 0 Å². The lowest BCUT2D eigenvalue weighted by Gasteiger charge is -2.47. The Morgan fingerprint density at radius 2 is 1.47 bits per heavy atom. The molecule has 0 amide bonds. The molecular weight excluding hydrogens is 238 g/mol. The average Bonchev–Trinajstić information content (AvgIpc) is 2.40. The number of hydrogen-bond donors (Lipinski definition) is 1. The van der Waals surface area contributed by atoms with Gasteiger partial charge in [0.15, 0.2) is 0 Å². The van der Waals surface area contributed by atoms with E-state index in [1.54, 1.807) is 0 Å². The summed E-state index contributed by atoms with van der Waals surface area (Å²) in [5.74, 6) is 0. The van der Waals surface area contributed by atoms with Crippen LogP contribution in [-0.2, 0) is 0 Å². The van der Waals surface area contributed by atoms with Crippen LogP contribution in [0.5, 0.6) is 0 Å². The SMILES string of the molecule is CN1CCN(CCN2CC(N3CCNCC3)C2)CC1. The molecule has 0 spiro atoms. The zero-order valence-electron chi connectivity index (χ0n) is 12.4. The quantitative estimate of drug-likeness (QED) is 0.692. The lowest BCUT2D eigenvalue weighted by Crippen LogP contribution is -2.63. The summed E-state index contributed by atoms with van der Waals surface area (Å²) in [7, 11) is 2.23. The predicted molar refractivity (Wildman–Crippen MR) is 78.6 cm³/mol. The smallest absolute Gasteiger partial charge is 0.0351 e. The van der Waals surface area contributed by atoms with Crippen LogP contribution in [0.3, 0.4) is 0 Å². The third kappa shape index (κ3) is 3.67. The van der Waals surface area contributed by atoms with Crippen molar-refractivity contribution in [1.82, 2.24) is 24.9 Å². The van der Waals surface area contributed by atoms with E-state index < -0.39 is 0 Å². The molecule has 0 unspecified atom stereocenters. The van der Waals surface area contributed by atoms with E-state index in [0.29, 0.717) is 0 Å². The number of nitrogens with zero attached hydrogens (tertiary/aromatic N) is 4. The maximum absolute atomic E-state index is 3.43. The fraction of sp³-hybridized carbons (Fsp3) is 1.00. The predicted octanol–water partition coefficient (Wildman–Crippen LogP) is -1.18. The fourth-order valence-corrected chi connectivity index (χ4v) is 3.36. The summed E-state index contributed by atoms with van der Waals surface area (Å²) in [4.78, 5) is 10.4. The Hall–Kier alpha value is -0.200. The van der Waals surface area contributed by atoms with Gasteiger partial charge < -0.3 is 10.2 Å². The van der Waals surface area contributed by atoms with Gasteiger partial charge in [-0.2, -0.15) is 0 Å². The maximum Gasteiger partial charge on any atom is 0.0351 e. The molecule has 0 bridgehead atoms. The van der Waals surface area contributed by atoms with Gasteiger partial charge in [0.1, 0.15) is 0 Å². The Bertz CT molecular complexity index is 265. The molecule has 0 radical (unpaired) electrons. The van der Waals surface area contributed by atoms with E-state index in [9.17, 15) is 0 Å². The zero-order chi connectivity index (χ0) is 13.1. The van der Waals surface area contributed by atoms with Gasteiger partial charge >= 0.3 is 0 Å². The average molecular weight is 267 g/mol. The molecule has 5 heteroatoms. The van der Waals surface area contributed by atoms with Gasteiger partial charge in [-0.15, -0.1) is 0 Å². The molecule has 0 aliphatic carbocycles. The highest BCUT2D eigenvalue weighted by molar-refractivity contribution is 4.90. The first-order chi connectivity index (χ1) is 9.31. The van der Waals surface area contributed by atoms with Crippen LogP contribution >= 0.6 is 0 Å². The van der Waals surface area contributed by atoms with Crippen LogP contribution in [0, 0.1) is 0 Å². The molecule has 19 heavy (non-hydrogen) atoms. The number of likely N-dealkylation sites (tertiary alicyclic amines) is 1. The van der Waals surface area contributed by atoms with Crippen molar-refractivity contribution < 1.29 is 0 Å². The highest BCUT2D eigenvalue weighted by atomic mass is 15.3. The van der Waals surface area contributed by atoms with Gasteiger partial charge in [-0.05, 0) is 7.05 Å². The molecule has 1 N–H and O–H groups in total. The van der Waals surface area contributed by atoms with Gasteiger partial charge in [-0.1, -0.05) is 0 Å². The Morgan fingerprint density at radius 1 is 0.842 bits per heavy atom. The highest BCUT2D eigenvalue weighted by Gasteiger charge is 2.32. The molecule has 5 nitrogen and oxygen atoms in total. The summed E-state index contributed by atoms with van der Waals surface area (Å²) in [6.07, 6.45) is 0. The van der Waals surface area contributed by atoms with E-state index in [1.165, 1.54) is 78.5 Å². The van der Waals surface area contributed by atoms with Gasteiger partial charge in [-0.25, -0.2) is 0 Å². The van der Waals surface area contributed by atoms with E-state index in [1.807, 2.05) is 0 Å². The second-order valence-corrected chi connectivity index (χ2v) is 6.34. The van der Waals surface area contributed by atoms with Gasteiger partial charge in [0.2, 0.25) is 0 Å². The Kier molecular flexibility index (Phi) is 4.71. The minimum Gasteiger partial charge on any atom is -0.314 e. The lowest BCUT2D eigenvalue weighted by atomic mass is 10.1. The van der Waals surface area contributed by atoms with Crippen molar-refractivity contribution >= 4 is 0 Å². The van der Waals surface area contributed by atoms with Crippen LogP contribution in [0.15, 0.2) is 0 Å². The molecule has 110 valence electrons. The molecule has 3 saturated heterocycles. The van der Waals surface area contributed by atoms with Crippen LogP contribution < -0.4 is 5.32 Å². The topological polar surface area (TPSA) is 25.0 Å². The summed E-state index contributed by atoms with van der Waals surface area (Å²) >= 11 is 0. The fourth-order valence-electron chi connectivity index (χ4n) is 3.36. The summed E-state index contributed by atoms with van der Waals surface area (Å²) in [5.41, 5.74) is 0. The molecule has 0 aromatic rings. The molecule has 0 saturated carbocycles. The van der Waals surface area contributed by atoms with E-state index in [-0.39, 0.29) is 0 Å². The first-order valence-electron chi connectivity index (χ1n) is 7.89. The first kappa shape index (κ1) is 13.8. The normalized spacial score (nSPS) is 29.5. The van der Waals surface area contributed by atoms with E-state index in [2.05, 4.69) is 32.0 Å². The Labute approximate surface area is 117 Å². The first-order valence-corrected chi connectivity index (χ1v) is 7.89. The minimum absolute atomic E-state index is 0.842.